The van der Waals surface area contributed by atoms with Crippen molar-refractivity contribution in [1.29, 1.82) is 0 Å². The van der Waals surface area contributed by atoms with E-state index in [-0.39, 0.29) is 17.8 Å². The number of H-pyrrole nitrogens is 1. The zero-order valence-corrected chi connectivity index (χ0v) is 16.6. The quantitative estimate of drug-likeness (QED) is 0.520. The Bertz CT molecular complexity index is 1230. The van der Waals surface area contributed by atoms with E-state index in [9.17, 15) is 9.18 Å². The van der Waals surface area contributed by atoms with Gasteiger partial charge in [-0.05, 0) is 53.9 Å². The van der Waals surface area contributed by atoms with Gasteiger partial charge in [-0.2, -0.15) is 0 Å². The molecule has 150 valence electrons. The van der Waals surface area contributed by atoms with Crippen molar-refractivity contribution in [1.82, 2.24) is 9.88 Å². The van der Waals surface area contributed by atoms with Crippen molar-refractivity contribution >= 4 is 16.8 Å². The fraction of sp³-hybridized carbons (Fsp3) is 0.160. The van der Waals surface area contributed by atoms with Gasteiger partial charge in [-0.1, -0.05) is 36.4 Å². The highest BCUT2D eigenvalue weighted by molar-refractivity contribution is 5.96. The Morgan fingerprint density at radius 1 is 1.07 bits per heavy atom. The molecule has 2 heterocycles. The van der Waals surface area contributed by atoms with Crippen LogP contribution in [-0.2, 0) is 6.42 Å². The Morgan fingerprint density at radius 3 is 2.67 bits per heavy atom. The number of para-hydroxylation sites is 1. The minimum atomic E-state index is -0.319. The summed E-state index contributed by atoms with van der Waals surface area (Å²) in [5.74, 6) is 0.270. The Hall–Kier alpha value is -3.60. The molecular weight excluding hydrogens is 379 g/mol. The number of halogens is 1. The zero-order valence-electron chi connectivity index (χ0n) is 16.6. The normalized spacial score (nSPS) is 15.8. The van der Waals surface area contributed by atoms with Gasteiger partial charge in [0, 0.05) is 28.7 Å². The first-order valence-electron chi connectivity index (χ1n) is 9.95. The van der Waals surface area contributed by atoms with Crippen molar-refractivity contribution < 1.29 is 13.9 Å². The summed E-state index contributed by atoms with van der Waals surface area (Å²) in [5.41, 5.74) is 4.70. The number of methoxy groups -OCH3 is 1. The second kappa shape index (κ2) is 7.34. The van der Waals surface area contributed by atoms with Crippen LogP contribution in [-0.4, -0.2) is 29.4 Å². The summed E-state index contributed by atoms with van der Waals surface area (Å²) >= 11 is 0. The third-order valence-electron chi connectivity index (χ3n) is 5.80. The van der Waals surface area contributed by atoms with Crippen molar-refractivity contribution in [3.8, 4) is 5.75 Å². The number of carbonyl (C=O) groups is 1. The van der Waals surface area contributed by atoms with Crippen LogP contribution in [0.1, 0.15) is 33.2 Å². The number of benzene rings is 3. The number of aromatic nitrogens is 1. The zero-order chi connectivity index (χ0) is 20.7. The van der Waals surface area contributed by atoms with E-state index in [2.05, 4.69) is 11.1 Å². The average Bonchev–Trinajstić information content (AvgIpc) is 3.17. The molecule has 1 atom stereocenters. The van der Waals surface area contributed by atoms with Crippen molar-refractivity contribution in [2.45, 2.75) is 12.5 Å². The van der Waals surface area contributed by atoms with Gasteiger partial charge in [0.05, 0.1) is 13.2 Å². The molecular formula is C25H21FN2O2. The number of carbonyl (C=O) groups excluding carboxylic acids is 1. The molecule has 4 nitrogen and oxygen atoms in total. The number of nitrogens with one attached hydrogen (secondary N) is 1. The van der Waals surface area contributed by atoms with Gasteiger partial charge in [-0.25, -0.2) is 4.39 Å². The Morgan fingerprint density at radius 2 is 1.87 bits per heavy atom. The van der Waals surface area contributed by atoms with Gasteiger partial charge in [-0.3, -0.25) is 4.79 Å². The molecule has 1 aliphatic rings. The predicted molar refractivity (Wildman–Crippen MR) is 114 cm³/mol. The maximum Gasteiger partial charge on any atom is 0.254 e. The van der Waals surface area contributed by atoms with Crippen molar-refractivity contribution in [2.75, 3.05) is 13.7 Å². The summed E-state index contributed by atoms with van der Waals surface area (Å²) in [7, 11) is 1.59. The Labute approximate surface area is 173 Å². The highest BCUT2D eigenvalue weighted by Crippen LogP contribution is 2.39. The number of amides is 1. The smallest absolute Gasteiger partial charge is 0.254 e. The molecule has 5 rings (SSSR count). The van der Waals surface area contributed by atoms with Crippen molar-refractivity contribution in [2.24, 2.45) is 0 Å². The highest BCUT2D eigenvalue weighted by atomic mass is 19.1. The molecule has 30 heavy (non-hydrogen) atoms. The first-order chi connectivity index (χ1) is 14.7. The number of rotatable bonds is 3. The third kappa shape index (κ3) is 3.03. The van der Waals surface area contributed by atoms with E-state index in [4.69, 9.17) is 4.74 Å². The average molecular weight is 400 g/mol. The summed E-state index contributed by atoms with van der Waals surface area (Å²) < 4.78 is 18.9. The molecule has 0 fully saturated rings. The van der Waals surface area contributed by atoms with Crippen LogP contribution >= 0.6 is 0 Å². The molecule has 0 radical (unpaired) electrons. The second-order valence-corrected chi connectivity index (χ2v) is 7.50. The van der Waals surface area contributed by atoms with Gasteiger partial charge >= 0.3 is 0 Å². The van der Waals surface area contributed by atoms with Gasteiger partial charge < -0.3 is 14.6 Å². The van der Waals surface area contributed by atoms with Crippen LogP contribution in [0.5, 0.6) is 5.75 Å². The molecule has 0 bridgehead atoms. The van der Waals surface area contributed by atoms with E-state index in [1.807, 2.05) is 35.2 Å². The van der Waals surface area contributed by atoms with Gasteiger partial charge in [-0.15, -0.1) is 0 Å². The lowest BCUT2D eigenvalue weighted by Gasteiger charge is -2.36. The molecule has 1 N–H and O–H groups in total. The largest absolute Gasteiger partial charge is 0.497 e. The molecule has 4 aromatic rings. The lowest BCUT2D eigenvalue weighted by molar-refractivity contribution is 0.0691. The van der Waals surface area contributed by atoms with Gasteiger partial charge in [0.15, 0.2) is 0 Å². The maximum atomic E-state index is 13.6. The summed E-state index contributed by atoms with van der Waals surface area (Å²) in [6.07, 6.45) is 0.757. The fourth-order valence-corrected chi connectivity index (χ4v) is 4.37. The molecule has 1 aliphatic heterocycles. The standard InChI is InChI=1S/C25H21FN2O2/c1-30-19-6-4-5-17(15-19)25(29)28-14-13-21-20-7-2-3-8-22(20)27-23(21)24(28)16-9-11-18(26)12-10-16/h2-12,15,24,27H,13-14H2,1H3. The summed E-state index contributed by atoms with van der Waals surface area (Å²) in [6, 6.07) is 21.4. The Kier molecular flexibility index (Phi) is 4.51. The second-order valence-electron chi connectivity index (χ2n) is 7.50. The summed E-state index contributed by atoms with van der Waals surface area (Å²) in [5, 5.41) is 1.17. The van der Waals surface area contributed by atoms with Crippen molar-refractivity contribution in [3.05, 3.63) is 101 Å². The minimum Gasteiger partial charge on any atom is -0.497 e. The molecule has 0 saturated heterocycles. The molecule has 0 spiro atoms. The van der Waals surface area contributed by atoms with Crippen LogP contribution in [0.4, 0.5) is 4.39 Å². The number of fused-ring (bicyclic) bond motifs is 3. The highest BCUT2D eigenvalue weighted by Gasteiger charge is 2.35. The van der Waals surface area contributed by atoms with E-state index >= 15 is 0 Å². The summed E-state index contributed by atoms with van der Waals surface area (Å²) in [4.78, 5) is 18.9. The molecule has 5 heteroatoms. The van der Waals surface area contributed by atoms with Crippen LogP contribution in [0.15, 0.2) is 72.8 Å². The topological polar surface area (TPSA) is 45.3 Å². The van der Waals surface area contributed by atoms with Gasteiger partial charge in [0.25, 0.3) is 5.91 Å². The van der Waals surface area contributed by atoms with Crippen LogP contribution < -0.4 is 4.74 Å². The molecule has 3 aromatic carbocycles. The lowest BCUT2D eigenvalue weighted by Crippen LogP contribution is -2.40. The van der Waals surface area contributed by atoms with Gasteiger partial charge in [0.1, 0.15) is 11.6 Å². The molecule has 0 saturated carbocycles. The molecule has 1 unspecified atom stereocenters. The Balaban J connectivity index is 1.64. The number of aromatic amines is 1. The van der Waals surface area contributed by atoms with E-state index in [1.54, 1.807) is 31.4 Å². The number of ether oxygens (including phenoxy) is 1. The molecule has 1 aromatic heterocycles. The first kappa shape index (κ1) is 18.4. The van der Waals surface area contributed by atoms with Crippen LogP contribution in [0.3, 0.4) is 0 Å². The SMILES string of the molecule is COc1cccc(C(=O)N2CCc3c([nH]c4ccccc34)C2c2ccc(F)cc2)c1. The minimum absolute atomic E-state index is 0.0764. The van der Waals surface area contributed by atoms with E-state index in [0.29, 0.717) is 17.9 Å². The first-order valence-corrected chi connectivity index (χ1v) is 9.95. The van der Waals surface area contributed by atoms with E-state index < -0.39 is 0 Å². The number of nitrogens with zero attached hydrogens (tertiary/aromatic N) is 1. The molecule has 0 aliphatic carbocycles. The van der Waals surface area contributed by atoms with E-state index in [0.717, 1.165) is 23.2 Å². The van der Waals surface area contributed by atoms with Crippen LogP contribution in [0.25, 0.3) is 10.9 Å². The fourth-order valence-electron chi connectivity index (χ4n) is 4.37. The predicted octanol–water partition coefficient (Wildman–Crippen LogP) is 5.10. The summed E-state index contributed by atoms with van der Waals surface area (Å²) in [6.45, 7) is 0.576. The lowest BCUT2D eigenvalue weighted by atomic mass is 9.91. The van der Waals surface area contributed by atoms with Crippen LogP contribution in [0, 0.1) is 5.82 Å². The monoisotopic (exact) mass is 400 g/mol. The number of hydrogen-bond donors (Lipinski definition) is 1. The maximum absolute atomic E-state index is 13.6. The van der Waals surface area contributed by atoms with Gasteiger partial charge in [0.2, 0.25) is 0 Å². The molecule has 1 amide bonds. The van der Waals surface area contributed by atoms with Crippen molar-refractivity contribution in [3.63, 3.8) is 0 Å². The van der Waals surface area contributed by atoms with Crippen LogP contribution in [0.2, 0.25) is 0 Å². The van der Waals surface area contributed by atoms with E-state index in [1.165, 1.54) is 23.1 Å². The third-order valence-corrected chi connectivity index (χ3v) is 5.80. The number of hydrogen-bond acceptors (Lipinski definition) is 2.